The Morgan fingerprint density at radius 2 is 1.90 bits per heavy atom. The van der Waals surface area contributed by atoms with E-state index in [9.17, 15) is 9.59 Å². The molecule has 2 fully saturated rings. The normalized spacial score (nSPS) is 19.3. The number of ether oxygens (including phenoxy) is 1. The zero-order valence-corrected chi connectivity index (χ0v) is 17.8. The summed E-state index contributed by atoms with van der Waals surface area (Å²) in [6.45, 7) is 4.20. The molecule has 3 amide bonds. The highest BCUT2D eigenvalue weighted by atomic mass is 16.5. The third-order valence-electron chi connectivity index (χ3n) is 5.92. The number of piperidine rings is 1. The lowest BCUT2D eigenvalue weighted by atomic mass is 10.00. The second kappa shape index (κ2) is 10.4. The van der Waals surface area contributed by atoms with E-state index in [-0.39, 0.29) is 18.0 Å². The van der Waals surface area contributed by atoms with Crippen molar-refractivity contribution in [1.82, 2.24) is 30.1 Å². The molecule has 4 rings (SSSR count). The number of hydrogen-bond donors (Lipinski definition) is 1. The summed E-state index contributed by atoms with van der Waals surface area (Å²) < 4.78 is 7.01. The number of hydrogen-bond acceptors (Lipinski definition) is 5. The number of benzene rings is 1. The standard InChI is InChI=1S/C22H30N6O3/c29-21(26-12-14-31-15-13-26)20-17-27(25-24-20)11-9-19-8-4-5-10-28(19)22(30)23-16-18-6-2-1-3-7-18/h1-3,6-7,17,19H,4-5,8-16H2,(H,23,30). The molecule has 0 saturated carbocycles. The van der Waals surface area contributed by atoms with Crippen molar-refractivity contribution < 1.29 is 14.3 Å². The van der Waals surface area contributed by atoms with Gasteiger partial charge in [-0.3, -0.25) is 9.48 Å². The van der Waals surface area contributed by atoms with E-state index in [1.165, 1.54) is 0 Å². The molecule has 31 heavy (non-hydrogen) atoms. The minimum absolute atomic E-state index is 0.0182. The van der Waals surface area contributed by atoms with Crippen LogP contribution >= 0.6 is 0 Å². The third-order valence-corrected chi connectivity index (χ3v) is 5.92. The Morgan fingerprint density at radius 1 is 1.10 bits per heavy atom. The smallest absolute Gasteiger partial charge is 0.317 e. The van der Waals surface area contributed by atoms with E-state index >= 15 is 0 Å². The van der Waals surface area contributed by atoms with Crippen molar-refractivity contribution in [3.63, 3.8) is 0 Å². The summed E-state index contributed by atoms with van der Waals surface area (Å²) >= 11 is 0. The van der Waals surface area contributed by atoms with Crippen LogP contribution in [0.2, 0.25) is 0 Å². The largest absolute Gasteiger partial charge is 0.378 e. The molecular weight excluding hydrogens is 396 g/mol. The third kappa shape index (κ3) is 5.61. The number of aryl methyl sites for hydroxylation is 1. The maximum Gasteiger partial charge on any atom is 0.317 e. The molecule has 9 heteroatoms. The molecule has 0 spiro atoms. The number of carbonyl (C=O) groups excluding carboxylic acids is 2. The van der Waals surface area contributed by atoms with Crippen molar-refractivity contribution in [1.29, 1.82) is 0 Å². The summed E-state index contributed by atoms with van der Waals surface area (Å²) in [7, 11) is 0. The van der Waals surface area contributed by atoms with E-state index in [1.807, 2.05) is 35.2 Å². The van der Waals surface area contributed by atoms with Gasteiger partial charge in [0.15, 0.2) is 5.69 Å². The molecule has 0 aliphatic carbocycles. The van der Waals surface area contributed by atoms with Crippen molar-refractivity contribution >= 4 is 11.9 Å². The Balaban J connectivity index is 1.29. The number of amides is 3. The van der Waals surface area contributed by atoms with E-state index in [0.717, 1.165) is 37.8 Å². The molecule has 1 atom stereocenters. The van der Waals surface area contributed by atoms with Crippen LogP contribution in [-0.4, -0.2) is 75.6 Å². The maximum atomic E-state index is 12.8. The quantitative estimate of drug-likeness (QED) is 0.762. The molecule has 0 radical (unpaired) electrons. The molecule has 2 aromatic rings. The first-order valence-electron chi connectivity index (χ1n) is 11.1. The zero-order chi connectivity index (χ0) is 21.5. The van der Waals surface area contributed by atoms with Gasteiger partial charge in [-0.05, 0) is 31.2 Å². The van der Waals surface area contributed by atoms with Crippen molar-refractivity contribution in [3.8, 4) is 0 Å². The Hall–Kier alpha value is -2.94. The van der Waals surface area contributed by atoms with Gasteiger partial charge in [-0.25, -0.2) is 4.79 Å². The Labute approximate surface area is 182 Å². The van der Waals surface area contributed by atoms with Crippen molar-refractivity contribution in [2.45, 2.75) is 44.8 Å². The second-order valence-electron chi connectivity index (χ2n) is 8.05. The van der Waals surface area contributed by atoms with Crippen LogP contribution in [0.3, 0.4) is 0 Å². The number of urea groups is 1. The number of nitrogens with one attached hydrogen (secondary N) is 1. The Kier molecular flexibility index (Phi) is 7.14. The molecule has 0 bridgehead atoms. The molecule has 1 unspecified atom stereocenters. The molecule has 1 aromatic heterocycles. The fraction of sp³-hybridized carbons (Fsp3) is 0.545. The highest BCUT2D eigenvalue weighted by Crippen LogP contribution is 2.20. The van der Waals surface area contributed by atoms with Crippen LogP contribution in [0.4, 0.5) is 4.79 Å². The summed E-state index contributed by atoms with van der Waals surface area (Å²) in [6, 6.07) is 10.1. The number of likely N-dealkylation sites (tertiary alicyclic amines) is 1. The van der Waals surface area contributed by atoms with Gasteiger partial charge in [-0.2, -0.15) is 0 Å². The predicted molar refractivity (Wildman–Crippen MR) is 114 cm³/mol. The van der Waals surface area contributed by atoms with Crippen molar-refractivity contribution in [2.24, 2.45) is 0 Å². The van der Waals surface area contributed by atoms with Crippen LogP contribution in [0.1, 0.15) is 41.7 Å². The van der Waals surface area contributed by atoms with Gasteiger partial charge in [-0.15, -0.1) is 5.10 Å². The number of morpholine rings is 1. The van der Waals surface area contributed by atoms with E-state index in [1.54, 1.807) is 15.8 Å². The molecule has 1 aromatic carbocycles. The first-order valence-corrected chi connectivity index (χ1v) is 11.1. The van der Waals surface area contributed by atoms with Crippen LogP contribution < -0.4 is 5.32 Å². The summed E-state index contributed by atoms with van der Waals surface area (Å²) in [5, 5.41) is 11.2. The number of rotatable bonds is 6. The van der Waals surface area contributed by atoms with Crippen molar-refractivity contribution in [3.05, 3.63) is 47.8 Å². The van der Waals surface area contributed by atoms with E-state index in [4.69, 9.17) is 4.74 Å². The maximum absolute atomic E-state index is 12.8. The molecule has 166 valence electrons. The van der Waals surface area contributed by atoms with Crippen LogP contribution in [-0.2, 0) is 17.8 Å². The second-order valence-corrected chi connectivity index (χ2v) is 8.05. The lowest BCUT2D eigenvalue weighted by Gasteiger charge is -2.35. The molecule has 2 aliphatic rings. The molecule has 2 aliphatic heterocycles. The monoisotopic (exact) mass is 426 g/mol. The van der Waals surface area contributed by atoms with Crippen LogP contribution in [0.25, 0.3) is 0 Å². The van der Waals surface area contributed by atoms with E-state index in [2.05, 4.69) is 15.6 Å². The molecule has 3 heterocycles. The Morgan fingerprint density at radius 3 is 2.71 bits per heavy atom. The molecular formula is C22H30N6O3. The molecule has 1 N–H and O–H groups in total. The van der Waals surface area contributed by atoms with Gasteiger partial charge in [0, 0.05) is 38.8 Å². The number of carbonyl (C=O) groups is 2. The Bertz CT molecular complexity index is 865. The number of nitrogens with zero attached hydrogens (tertiary/aromatic N) is 5. The van der Waals surface area contributed by atoms with Crippen LogP contribution in [0.5, 0.6) is 0 Å². The number of aromatic nitrogens is 3. The highest BCUT2D eigenvalue weighted by Gasteiger charge is 2.27. The summed E-state index contributed by atoms with van der Waals surface area (Å²) in [5.41, 5.74) is 1.45. The zero-order valence-electron chi connectivity index (χ0n) is 17.8. The fourth-order valence-electron chi connectivity index (χ4n) is 4.16. The molecule has 2 saturated heterocycles. The predicted octanol–water partition coefficient (Wildman–Crippen LogP) is 1.90. The summed E-state index contributed by atoms with van der Waals surface area (Å²) in [6.07, 6.45) is 5.61. The lowest BCUT2D eigenvalue weighted by Crippen LogP contribution is -2.48. The van der Waals surface area contributed by atoms with Crippen LogP contribution in [0, 0.1) is 0 Å². The summed E-state index contributed by atoms with van der Waals surface area (Å²) in [4.78, 5) is 29.0. The van der Waals surface area contributed by atoms with Crippen molar-refractivity contribution in [2.75, 3.05) is 32.8 Å². The minimum atomic E-state index is -0.103. The van der Waals surface area contributed by atoms with Gasteiger partial charge in [0.2, 0.25) is 0 Å². The SMILES string of the molecule is O=C(c1cn(CCC2CCCCN2C(=O)NCc2ccccc2)nn1)N1CCOCC1. The van der Waals surface area contributed by atoms with Gasteiger partial charge >= 0.3 is 6.03 Å². The first-order chi connectivity index (χ1) is 15.2. The first kappa shape index (κ1) is 21.3. The van der Waals surface area contributed by atoms with Gasteiger partial charge in [0.1, 0.15) is 0 Å². The molecule has 9 nitrogen and oxygen atoms in total. The van der Waals surface area contributed by atoms with Gasteiger partial charge in [-0.1, -0.05) is 35.5 Å². The van der Waals surface area contributed by atoms with Gasteiger partial charge in [0.25, 0.3) is 5.91 Å². The van der Waals surface area contributed by atoms with E-state index < -0.39 is 0 Å². The van der Waals surface area contributed by atoms with E-state index in [0.29, 0.717) is 45.1 Å². The van der Waals surface area contributed by atoms with Crippen LogP contribution in [0.15, 0.2) is 36.5 Å². The van der Waals surface area contributed by atoms with Gasteiger partial charge in [0.05, 0.1) is 19.4 Å². The summed E-state index contributed by atoms with van der Waals surface area (Å²) in [5.74, 6) is -0.103. The topological polar surface area (TPSA) is 92.6 Å². The lowest BCUT2D eigenvalue weighted by molar-refractivity contribution is 0.0299. The average Bonchev–Trinajstić information content (AvgIpc) is 3.31. The fourth-order valence-corrected chi connectivity index (χ4v) is 4.16. The highest BCUT2D eigenvalue weighted by molar-refractivity contribution is 5.92. The average molecular weight is 427 g/mol. The van der Waals surface area contributed by atoms with Gasteiger partial charge < -0.3 is 19.9 Å². The minimum Gasteiger partial charge on any atom is -0.378 e.